The van der Waals surface area contributed by atoms with Gasteiger partial charge in [-0.15, -0.1) is 0 Å². The second-order valence-electron chi connectivity index (χ2n) is 29.7. The second kappa shape index (κ2) is 27.2. The molecule has 2 aliphatic rings. The van der Waals surface area contributed by atoms with Crippen molar-refractivity contribution < 1.29 is 13.2 Å². The molecule has 0 fully saturated rings. The number of fused-ring (bicyclic) bond motifs is 9. The Bertz CT molecular complexity index is 6150. The molecule has 0 saturated heterocycles. The summed E-state index contributed by atoms with van der Waals surface area (Å²) in [6.45, 7) is 17.2. The van der Waals surface area contributed by atoms with E-state index < -0.39 is 10.8 Å². The molecular weight excluding hydrogens is 1360 g/mol. The van der Waals surface area contributed by atoms with Crippen molar-refractivity contribution in [3.05, 3.63) is 455 Å². The molecule has 0 N–H and O–H groups in total. The van der Waals surface area contributed by atoms with Gasteiger partial charge in [0.25, 0.3) is 0 Å². The predicted molar refractivity (Wildman–Crippen MR) is 458 cm³/mol. The molecule has 530 valence electrons. The lowest BCUT2D eigenvalue weighted by Crippen LogP contribution is -2.30. The van der Waals surface area contributed by atoms with Crippen molar-refractivity contribution in [1.82, 2.24) is 0 Å². The molecule has 3 nitrogen and oxygen atoms in total. The number of aryl methyl sites for hydroxylation is 4. The lowest BCUT2D eigenvalue weighted by molar-refractivity contribution is 0.627. The molecule has 2 atom stereocenters. The van der Waals surface area contributed by atoms with Crippen LogP contribution in [0.3, 0.4) is 0 Å². The maximum atomic E-state index is 14.2. The minimum absolute atomic E-state index is 0.262. The summed E-state index contributed by atoms with van der Waals surface area (Å²) in [5.41, 5.74) is 35.4. The fourth-order valence-electron chi connectivity index (χ4n) is 17.9. The first-order valence-corrected chi connectivity index (χ1v) is 37.9. The van der Waals surface area contributed by atoms with Gasteiger partial charge < -0.3 is 14.2 Å². The molecule has 0 aliphatic heterocycles. The number of furan rings is 1. The van der Waals surface area contributed by atoms with Gasteiger partial charge in [0.1, 0.15) is 22.8 Å². The van der Waals surface area contributed by atoms with Gasteiger partial charge in [-0.1, -0.05) is 267 Å². The summed E-state index contributed by atoms with van der Waals surface area (Å²) in [7, 11) is 0. The van der Waals surface area contributed by atoms with Crippen LogP contribution in [0.4, 0.5) is 42.9 Å². The fraction of sp³-hybridized carbons (Fsp3) is 0.0566. The van der Waals surface area contributed by atoms with Crippen LogP contribution in [0.25, 0.3) is 101 Å². The molecule has 0 radical (unpaired) electrons. The third-order valence-corrected chi connectivity index (χ3v) is 23.3. The summed E-state index contributed by atoms with van der Waals surface area (Å²) in [5, 5.41) is 1.99. The molecule has 0 spiro atoms. The van der Waals surface area contributed by atoms with E-state index in [1.807, 2.05) is 36.4 Å². The lowest BCUT2D eigenvalue weighted by atomic mass is 9.66. The van der Waals surface area contributed by atoms with Crippen LogP contribution < -0.4 is 9.80 Å². The number of nitrogens with zero attached hydrogens (tertiary/aromatic N) is 2. The third-order valence-electron chi connectivity index (χ3n) is 23.3. The summed E-state index contributed by atoms with van der Waals surface area (Å²) < 4.78 is 35.8. The van der Waals surface area contributed by atoms with Crippen molar-refractivity contribution >= 4 is 68.2 Å². The molecule has 19 rings (SSSR count). The molecule has 0 bridgehead atoms. The van der Waals surface area contributed by atoms with Crippen LogP contribution in [-0.4, -0.2) is 0 Å². The van der Waals surface area contributed by atoms with Gasteiger partial charge in [0.15, 0.2) is 0 Å². The highest BCUT2D eigenvalue weighted by molar-refractivity contribution is 6.08. The van der Waals surface area contributed by atoms with Gasteiger partial charge in [0.05, 0.1) is 10.8 Å². The van der Waals surface area contributed by atoms with Crippen molar-refractivity contribution in [2.24, 2.45) is 0 Å². The van der Waals surface area contributed by atoms with Crippen molar-refractivity contribution in [3.8, 4) is 66.8 Å². The Morgan fingerprint density at radius 3 is 0.982 bits per heavy atom. The summed E-state index contributed by atoms with van der Waals surface area (Å²) >= 11 is 0. The molecule has 16 aromatic carbocycles. The van der Waals surface area contributed by atoms with Gasteiger partial charge in [-0.2, -0.15) is 0 Å². The summed E-state index contributed by atoms with van der Waals surface area (Å²) in [5.74, 6) is -0.523. The fourth-order valence-corrected chi connectivity index (χ4v) is 17.9. The highest BCUT2D eigenvalue weighted by Crippen LogP contribution is 2.61. The van der Waals surface area contributed by atoms with Crippen molar-refractivity contribution in [2.45, 2.75) is 38.5 Å². The van der Waals surface area contributed by atoms with Crippen LogP contribution in [-0.2, 0) is 10.8 Å². The first-order valence-electron chi connectivity index (χ1n) is 37.9. The SMILES string of the molecule is C=Cc1ccc(C2(c3cc(C)ccc3C)c3ccccc3-c3ccc(N(c4ccc(-c5cccc(-c6ccc(F)cc6)c5)cc4)c4ccc5c(c4)oc4cc(N(c6ccc(-c7cccc(-c8ccc(F)cc8)c7)cc6)c6ccc7c(c6)C(c6ccc(C=C)cc6)(c6cc(C)ccc6C)c6ccccc6-7)ccc45)cc32)cc1. The molecule has 2 unspecified atom stereocenters. The molecule has 0 amide bonds. The van der Waals surface area contributed by atoms with Gasteiger partial charge in [-0.3, -0.25) is 0 Å². The van der Waals surface area contributed by atoms with Crippen molar-refractivity contribution in [1.29, 1.82) is 0 Å². The zero-order valence-corrected chi connectivity index (χ0v) is 62.1. The minimum atomic E-state index is -0.691. The van der Waals surface area contributed by atoms with E-state index in [9.17, 15) is 8.78 Å². The molecular formula is C106H76F2N2O. The second-order valence-corrected chi connectivity index (χ2v) is 29.7. The van der Waals surface area contributed by atoms with Gasteiger partial charge in [-0.05, 0) is 270 Å². The standard InChI is InChI=1S/C106H76F2N2O/c1-7-71-27-39-81(40-28-71)105(99-59-67(3)23-25-69(99)5)97-21-11-9-19-91(97)93-55-51-87(63-101(93)105)109(85-47-35-75(36-48-85)79-17-13-15-77(61-79)73-31-43-83(107)44-32-73)89-53-57-95-96-58-54-90(66-104(96)111-103(95)65-89)110(86-49-37-76(38-50-86)80-18-14-16-78(62-80)74-33-45-84(108)46-34-74)88-52-56-94-92-20-10-12-22-98(92)106(102(94)64-88,82-41-29-72(8-2)30-42-82)100-60-68(4)24-26-70(100)6/h7-66H,1-2H2,3-6H3. The van der Waals surface area contributed by atoms with Crippen LogP contribution >= 0.6 is 0 Å². The first-order chi connectivity index (χ1) is 54.3. The third kappa shape index (κ3) is 11.4. The van der Waals surface area contributed by atoms with Crippen LogP contribution in [0.5, 0.6) is 0 Å². The maximum Gasteiger partial charge on any atom is 0.137 e. The molecule has 17 aromatic rings. The summed E-state index contributed by atoms with van der Waals surface area (Å²) in [4.78, 5) is 4.74. The molecule has 1 heterocycles. The van der Waals surface area contributed by atoms with Crippen molar-refractivity contribution in [2.75, 3.05) is 9.80 Å². The van der Waals surface area contributed by atoms with E-state index in [1.165, 1.54) is 113 Å². The predicted octanol–water partition coefficient (Wildman–Crippen LogP) is 28.7. The van der Waals surface area contributed by atoms with E-state index in [0.29, 0.717) is 0 Å². The first kappa shape index (κ1) is 67.8. The summed E-state index contributed by atoms with van der Waals surface area (Å²) in [6.07, 6.45) is 3.83. The smallest absolute Gasteiger partial charge is 0.137 e. The Morgan fingerprint density at radius 2 is 0.604 bits per heavy atom. The molecule has 1 aromatic heterocycles. The van der Waals surface area contributed by atoms with Crippen LogP contribution in [0.15, 0.2) is 369 Å². The largest absolute Gasteiger partial charge is 0.456 e. The van der Waals surface area contributed by atoms with E-state index in [2.05, 4.69) is 354 Å². The lowest BCUT2D eigenvalue weighted by Gasteiger charge is -2.36. The molecule has 5 heteroatoms. The molecule has 111 heavy (non-hydrogen) atoms. The Kier molecular flexibility index (Phi) is 16.6. The number of anilines is 6. The molecule has 0 saturated carbocycles. The van der Waals surface area contributed by atoms with Gasteiger partial charge in [0, 0.05) is 57.0 Å². The van der Waals surface area contributed by atoms with E-state index in [0.717, 1.165) is 112 Å². The van der Waals surface area contributed by atoms with E-state index in [-0.39, 0.29) is 11.6 Å². The van der Waals surface area contributed by atoms with E-state index in [4.69, 9.17) is 4.42 Å². The minimum Gasteiger partial charge on any atom is -0.456 e. The molecule has 2 aliphatic carbocycles. The zero-order valence-electron chi connectivity index (χ0n) is 62.1. The topological polar surface area (TPSA) is 19.6 Å². The highest BCUT2D eigenvalue weighted by atomic mass is 19.1. The highest BCUT2D eigenvalue weighted by Gasteiger charge is 2.49. The average molecular weight is 1430 g/mol. The van der Waals surface area contributed by atoms with Crippen molar-refractivity contribution in [3.63, 3.8) is 0 Å². The number of hydrogen-bond acceptors (Lipinski definition) is 3. The normalized spacial score (nSPS) is 14.5. The number of benzene rings is 16. The Hall–Kier alpha value is -13.7. The van der Waals surface area contributed by atoms with Gasteiger partial charge in [0.2, 0.25) is 0 Å². The van der Waals surface area contributed by atoms with E-state index in [1.54, 1.807) is 0 Å². The Labute approximate surface area is 646 Å². The number of hydrogen-bond donors (Lipinski definition) is 0. The quantitative estimate of drug-likeness (QED) is 0.0961. The summed E-state index contributed by atoms with van der Waals surface area (Å²) in [6, 6.07) is 125. The average Bonchev–Trinajstić information content (AvgIpc) is 1.54. The van der Waals surface area contributed by atoms with Crippen LogP contribution in [0.1, 0.15) is 77.9 Å². The van der Waals surface area contributed by atoms with Gasteiger partial charge in [-0.25, -0.2) is 8.78 Å². The monoisotopic (exact) mass is 1430 g/mol. The maximum absolute atomic E-state index is 14.2. The van der Waals surface area contributed by atoms with E-state index >= 15 is 0 Å². The number of rotatable bonds is 16. The van der Waals surface area contributed by atoms with Crippen LogP contribution in [0.2, 0.25) is 0 Å². The van der Waals surface area contributed by atoms with Crippen LogP contribution in [0, 0.1) is 39.3 Å². The Morgan fingerprint density at radius 1 is 0.270 bits per heavy atom. The Balaban J connectivity index is 0.783. The number of halogens is 2. The van der Waals surface area contributed by atoms with Gasteiger partial charge >= 0.3 is 0 Å². The zero-order chi connectivity index (χ0) is 75.2.